The second kappa shape index (κ2) is 8.86. The number of aromatic nitrogens is 2. The van der Waals surface area contributed by atoms with Gasteiger partial charge >= 0.3 is 6.03 Å². The molecule has 1 saturated heterocycles. The van der Waals surface area contributed by atoms with Crippen LogP contribution in [0.25, 0.3) is 11.1 Å². The fourth-order valence-corrected chi connectivity index (χ4v) is 4.46. The molecule has 1 aliphatic rings. The van der Waals surface area contributed by atoms with Gasteiger partial charge in [-0.1, -0.05) is 18.2 Å². The predicted molar refractivity (Wildman–Crippen MR) is 111 cm³/mol. The second-order valence-corrected chi connectivity index (χ2v) is 9.07. The Morgan fingerprint density at radius 1 is 1.14 bits per heavy atom. The van der Waals surface area contributed by atoms with E-state index in [9.17, 15) is 13.2 Å². The Kier molecular flexibility index (Phi) is 6.27. The first-order valence-electron chi connectivity index (χ1n) is 9.06. The van der Waals surface area contributed by atoms with Crippen LogP contribution in [0.1, 0.15) is 18.4 Å². The average Bonchev–Trinajstić information content (AvgIpc) is 2.68. The van der Waals surface area contributed by atoms with Gasteiger partial charge in [0.1, 0.15) is 9.84 Å². The number of benzene rings is 1. The van der Waals surface area contributed by atoms with Gasteiger partial charge in [0.2, 0.25) is 5.95 Å². The van der Waals surface area contributed by atoms with Gasteiger partial charge in [-0.05, 0) is 30.0 Å². The number of nitrogens with zero attached hydrogens (tertiary/aromatic N) is 3. The van der Waals surface area contributed by atoms with Crippen LogP contribution >= 0.6 is 0 Å². The largest absolute Gasteiger partial charge is 0.370 e. The zero-order valence-electron chi connectivity index (χ0n) is 15.7. The van der Waals surface area contributed by atoms with Gasteiger partial charge in [0, 0.05) is 30.5 Å². The molecule has 11 heteroatoms. The van der Waals surface area contributed by atoms with Crippen molar-refractivity contribution >= 4 is 27.8 Å². The molecule has 0 bridgehead atoms. The van der Waals surface area contributed by atoms with Crippen LogP contribution in [0, 0.1) is 0 Å². The SMILES string of the molecule is NC(N)=NC(=O)NCc1cccc(-c2cnc(NC3CCS(=O)(=O)CC3)nc2)c1. The number of nitrogens with two attached hydrogens (primary N) is 2. The van der Waals surface area contributed by atoms with Crippen molar-refractivity contribution in [1.29, 1.82) is 0 Å². The zero-order chi connectivity index (χ0) is 20.9. The minimum Gasteiger partial charge on any atom is -0.370 e. The van der Waals surface area contributed by atoms with E-state index in [-0.39, 0.29) is 30.1 Å². The highest BCUT2D eigenvalue weighted by Crippen LogP contribution is 2.21. The lowest BCUT2D eigenvalue weighted by atomic mass is 10.1. The number of aliphatic imine (C=N–C) groups is 1. The maximum absolute atomic E-state index is 11.5. The highest BCUT2D eigenvalue weighted by molar-refractivity contribution is 7.91. The van der Waals surface area contributed by atoms with Crippen LogP contribution in [0.5, 0.6) is 0 Å². The van der Waals surface area contributed by atoms with Gasteiger partial charge in [-0.2, -0.15) is 4.99 Å². The molecular weight excluding hydrogens is 394 g/mol. The Hall–Kier alpha value is -3.21. The van der Waals surface area contributed by atoms with Crippen LogP contribution in [0.2, 0.25) is 0 Å². The van der Waals surface area contributed by atoms with Gasteiger partial charge in [-0.3, -0.25) is 0 Å². The van der Waals surface area contributed by atoms with Crippen molar-refractivity contribution in [2.75, 3.05) is 16.8 Å². The Morgan fingerprint density at radius 2 is 1.83 bits per heavy atom. The third-order valence-corrected chi connectivity index (χ3v) is 6.19. The van der Waals surface area contributed by atoms with Gasteiger partial charge in [0.15, 0.2) is 5.96 Å². The Balaban J connectivity index is 1.61. The van der Waals surface area contributed by atoms with Crippen molar-refractivity contribution in [2.24, 2.45) is 16.5 Å². The number of urea groups is 1. The van der Waals surface area contributed by atoms with Crippen molar-refractivity contribution in [3.63, 3.8) is 0 Å². The van der Waals surface area contributed by atoms with E-state index < -0.39 is 15.9 Å². The van der Waals surface area contributed by atoms with Crippen LogP contribution in [0.3, 0.4) is 0 Å². The highest BCUT2D eigenvalue weighted by Gasteiger charge is 2.23. The molecule has 1 aromatic heterocycles. The summed E-state index contributed by atoms with van der Waals surface area (Å²) in [4.78, 5) is 23.6. The molecule has 0 saturated carbocycles. The second-order valence-electron chi connectivity index (χ2n) is 6.76. The fraction of sp³-hybridized carbons (Fsp3) is 0.333. The molecule has 0 radical (unpaired) electrons. The number of guanidine groups is 1. The quantitative estimate of drug-likeness (QED) is 0.406. The number of carbonyl (C=O) groups is 1. The Labute approximate surface area is 168 Å². The standard InChI is InChI=1S/C18H23N7O3S/c19-16(20)25-18(26)23-9-12-2-1-3-13(8-12)14-10-21-17(22-11-14)24-15-4-6-29(27,28)7-5-15/h1-3,8,10-11,15H,4-7,9H2,(H,21,22,24)(H5,19,20,23,25,26). The molecule has 10 nitrogen and oxygen atoms in total. The number of nitrogens with one attached hydrogen (secondary N) is 2. The molecule has 0 unspecified atom stereocenters. The first-order valence-corrected chi connectivity index (χ1v) is 10.9. The number of sulfone groups is 1. The number of hydrogen-bond donors (Lipinski definition) is 4. The molecule has 29 heavy (non-hydrogen) atoms. The lowest BCUT2D eigenvalue weighted by molar-refractivity contribution is 0.249. The molecule has 0 atom stereocenters. The highest BCUT2D eigenvalue weighted by atomic mass is 32.2. The van der Waals surface area contributed by atoms with Crippen LogP contribution in [0.15, 0.2) is 41.7 Å². The lowest BCUT2D eigenvalue weighted by Gasteiger charge is -2.22. The van der Waals surface area contributed by atoms with Crippen molar-refractivity contribution in [2.45, 2.75) is 25.4 Å². The fourth-order valence-electron chi connectivity index (χ4n) is 2.96. The topological polar surface area (TPSA) is 165 Å². The van der Waals surface area contributed by atoms with Crippen LogP contribution in [0.4, 0.5) is 10.7 Å². The molecule has 3 rings (SSSR count). The first-order chi connectivity index (χ1) is 13.8. The summed E-state index contributed by atoms with van der Waals surface area (Å²) >= 11 is 0. The molecule has 2 amide bonds. The van der Waals surface area contributed by atoms with Crippen molar-refractivity contribution in [3.05, 3.63) is 42.2 Å². The molecule has 1 aliphatic heterocycles. The van der Waals surface area contributed by atoms with Gasteiger partial charge in [0.05, 0.1) is 11.5 Å². The molecule has 0 aliphatic carbocycles. The van der Waals surface area contributed by atoms with E-state index in [0.717, 1.165) is 16.7 Å². The zero-order valence-corrected chi connectivity index (χ0v) is 16.5. The van der Waals surface area contributed by atoms with E-state index in [1.807, 2.05) is 24.3 Å². The Morgan fingerprint density at radius 3 is 2.48 bits per heavy atom. The summed E-state index contributed by atoms with van der Waals surface area (Å²) in [5.41, 5.74) is 12.9. The van der Waals surface area contributed by atoms with Gasteiger partial charge in [-0.15, -0.1) is 0 Å². The molecule has 2 heterocycles. The van der Waals surface area contributed by atoms with E-state index in [2.05, 4.69) is 25.6 Å². The maximum Gasteiger partial charge on any atom is 0.344 e. The van der Waals surface area contributed by atoms with Gasteiger partial charge < -0.3 is 22.1 Å². The number of hydrogen-bond acceptors (Lipinski definition) is 6. The number of amides is 2. The summed E-state index contributed by atoms with van der Waals surface area (Å²) < 4.78 is 23.0. The van der Waals surface area contributed by atoms with Crippen molar-refractivity contribution in [1.82, 2.24) is 15.3 Å². The summed E-state index contributed by atoms with van der Waals surface area (Å²) in [6.07, 6.45) is 4.51. The van der Waals surface area contributed by atoms with Crippen LogP contribution in [-0.2, 0) is 16.4 Å². The molecule has 2 aromatic rings. The number of carbonyl (C=O) groups excluding carboxylic acids is 1. The average molecular weight is 417 g/mol. The van der Waals surface area contributed by atoms with E-state index in [1.54, 1.807) is 12.4 Å². The Bertz CT molecular complexity index is 988. The van der Waals surface area contributed by atoms with E-state index in [1.165, 1.54) is 0 Å². The smallest absolute Gasteiger partial charge is 0.344 e. The lowest BCUT2D eigenvalue weighted by Crippen LogP contribution is -2.32. The van der Waals surface area contributed by atoms with Gasteiger partial charge in [-0.25, -0.2) is 23.2 Å². The number of rotatable bonds is 5. The molecule has 154 valence electrons. The molecule has 1 fully saturated rings. The van der Waals surface area contributed by atoms with Crippen LogP contribution < -0.4 is 22.1 Å². The summed E-state index contributed by atoms with van der Waals surface area (Å²) in [6, 6.07) is 7.01. The summed E-state index contributed by atoms with van der Waals surface area (Å²) in [5, 5.41) is 5.79. The first kappa shape index (κ1) is 20.5. The van der Waals surface area contributed by atoms with Crippen molar-refractivity contribution < 1.29 is 13.2 Å². The summed E-state index contributed by atoms with van der Waals surface area (Å²) in [6.45, 7) is 0.272. The minimum absolute atomic E-state index is 0.0570. The third-order valence-electron chi connectivity index (χ3n) is 4.47. The summed E-state index contributed by atoms with van der Waals surface area (Å²) in [7, 11) is -2.90. The van der Waals surface area contributed by atoms with Gasteiger partial charge in [0.25, 0.3) is 0 Å². The number of anilines is 1. The maximum atomic E-state index is 11.5. The molecular formula is C18H23N7O3S. The molecule has 0 spiro atoms. The predicted octanol–water partition coefficient (Wildman–Crippen LogP) is 0.616. The molecule has 6 N–H and O–H groups in total. The minimum atomic E-state index is -2.90. The van der Waals surface area contributed by atoms with E-state index >= 15 is 0 Å². The van der Waals surface area contributed by atoms with E-state index in [4.69, 9.17) is 11.5 Å². The monoisotopic (exact) mass is 417 g/mol. The summed E-state index contributed by atoms with van der Waals surface area (Å²) in [5.74, 6) is 0.556. The molecule has 1 aromatic carbocycles. The van der Waals surface area contributed by atoms with Crippen LogP contribution in [-0.4, -0.2) is 47.9 Å². The van der Waals surface area contributed by atoms with E-state index in [0.29, 0.717) is 18.8 Å². The third kappa shape index (κ3) is 6.14. The van der Waals surface area contributed by atoms with Crippen molar-refractivity contribution in [3.8, 4) is 11.1 Å². The normalized spacial score (nSPS) is 16.0.